The molecule has 0 spiro atoms. The van der Waals surface area contributed by atoms with E-state index < -0.39 is 0 Å². The summed E-state index contributed by atoms with van der Waals surface area (Å²) in [6, 6.07) is 9.03. The minimum atomic E-state index is -0.151. The number of likely N-dealkylation sites (N-methyl/N-ethyl adjacent to an activating group) is 1. The molecule has 4 nitrogen and oxygen atoms in total. The Morgan fingerprint density at radius 3 is 2.82 bits per heavy atom. The molecule has 1 atom stereocenters. The van der Waals surface area contributed by atoms with E-state index in [1.54, 1.807) is 30.5 Å². The molecule has 1 unspecified atom stereocenters. The molecule has 2 aromatic rings. The summed E-state index contributed by atoms with van der Waals surface area (Å²) >= 11 is 5.85. The first kappa shape index (κ1) is 14.9. The number of benzene rings is 1. The highest BCUT2D eigenvalue weighted by Gasteiger charge is 2.27. The molecule has 0 aliphatic carbocycles. The van der Waals surface area contributed by atoms with Gasteiger partial charge in [-0.1, -0.05) is 18.5 Å². The topological polar surface area (TPSA) is 45.2 Å². The van der Waals surface area contributed by atoms with Crippen LogP contribution in [0.1, 0.15) is 35.2 Å². The highest BCUT2D eigenvalue weighted by atomic mass is 35.5. The van der Waals surface area contributed by atoms with Gasteiger partial charge in [0.25, 0.3) is 5.91 Å². The molecule has 2 heterocycles. The van der Waals surface area contributed by atoms with Crippen LogP contribution < -0.4 is 10.2 Å². The number of hydrogen-bond acceptors (Lipinski definition) is 3. The first-order chi connectivity index (χ1) is 10.6. The Balaban J connectivity index is 1.83. The number of carbonyl (C=O) groups excluding carboxylic acids is 1. The van der Waals surface area contributed by atoms with Crippen LogP contribution in [0.4, 0.5) is 11.5 Å². The van der Waals surface area contributed by atoms with Crippen molar-refractivity contribution in [2.45, 2.75) is 19.3 Å². The quantitative estimate of drug-likeness (QED) is 0.933. The van der Waals surface area contributed by atoms with Gasteiger partial charge in [0, 0.05) is 42.0 Å². The van der Waals surface area contributed by atoms with Gasteiger partial charge in [0.2, 0.25) is 0 Å². The molecule has 1 aliphatic heterocycles. The summed E-state index contributed by atoms with van der Waals surface area (Å²) < 4.78 is 0. The highest BCUT2D eigenvalue weighted by molar-refractivity contribution is 6.30. The number of halogens is 1. The standard InChI is InChI=1S/C17H18ClN3O/c1-3-11-10-21(2)16-15(11)8-12(9-19-16)17(22)20-14-6-4-13(18)5-7-14/h4-9,11H,3,10H2,1-2H3,(H,20,22). The molecule has 1 aliphatic rings. The minimum Gasteiger partial charge on any atom is -0.359 e. The molecular weight excluding hydrogens is 298 g/mol. The highest BCUT2D eigenvalue weighted by Crippen LogP contribution is 2.35. The zero-order valence-corrected chi connectivity index (χ0v) is 13.4. The number of fused-ring (bicyclic) bond motifs is 1. The van der Waals surface area contributed by atoms with Crippen LogP contribution in [0.5, 0.6) is 0 Å². The summed E-state index contributed by atoms with van der Waals surface area (Å²) in [7, 11) is 2.04. The van der Waals surface area contributed by atoms with E-state index in [0.717, 1.165) is 30.0 Å². The maximum absolute atomic E-state index is 12.4. The largest absolute Gasteiger partial charge is 0.359 e. The lowest BCUT2D eigenvalue weighted by Crippen LogP contribution is -2.16. The van der Waals surface area contributed by atoms with Crippen molar-refractivity contribution in [2.24, 2.45) is 0 Å². The van der Waals surface area contributed by atoms with E-state index >= 15 is 0 Å². The summed E-state index contributed by atoms with van der Waals surface area (Å²) in [6.45, 7) is 3.12. The number of hydrogen-bond donors (Lipinski definition) is 1. The van der Waals surface area contributed by atoms with Gasteiger partial charge in [-0.05, 0) is 36.8 Å². The molecule has 22 heavy (non-hydrogen) atoms. The lowest BCUT2D eigenvalue weighted by molar-refractivity contribution is 0.102. The molecule has 3 rings (SSSR count). The third kappa shape index (κ3) is 2.79. The second-order valence-corrected chi connectivity index (χ2v) is 6.02. The predicted molar refractivity (Wildman–Crippen MR) is 89.9 cm³/mol. The van der Waals surface area contributed by atoms with E-state index in [1.807, 2.05) is 13.1 Å². The number of nitrogens with zero attached hydrogens (tertiary/aromatic N) is 2. The Kier molecular flexibility index (Phi) is 4.03. The predicted octanol–water partition coefficient (Wildman–Crippen LogP) is 3.93. The second-order valence-electron chi connectivity index (χ2n) is 5.58. The molecule has 0 saturated carbocycles. The lowest BCUT2D eigenvalue weighted by atomic mass is 9.99. The van der Waals surface area contributed by atoms with E-state index in [0.29, 0.717) is 16.5 Å². The summed E-state index contributed by atoms with van der Waals surface area (Å²) in [6.07, 6.45) is 2.68. The van der Waals surface area contributed by atoms with E-state index in [4.69, 9.17) is 11.6 Å². The third-order valence-corrected chi connectivity index (χ3v) is 4.30. The SMILES string of the molecule is CCC1CN(C)c2ncc(C(=O)Nc3ccc(Cl)cc3)cc21. The number of anilines is 2. The van der Waals surface area contributed by atoms with Crippen LogP contribution in [0.15, 0.2) is 36.5 Å². The van der Waals surface area contributed by atoms with Gasteiger partial charge in [0.1, 0.15) is 5.82 Å². The second kappa shape index (κ2) is 5.97. The fraction of sp³-hybridized carbons (Fsp3) is 0.294. The Labute approximate surface area is 135 Å². The molecule has 0 radical (unpaired) electrons. The van der Waals surface area contributed by atoms with Crippen LogP contribution in [0, 0.1) is 0 Å². The van der Waals surface area contributed by atoms with Gasteiger partial charge in [-0.15, -0.1) is 0 Å². The van der Waals surface area contributed by atoms with Crippen molar-refractivity contribution >= 4 is 29.0 Å². The number of nitrogens with one attached hydrogen (secondary N) is 1. The van der Waals surface area contributed by atoms with Crippen LogP contribution in [0.2, 0.25) is 5.02 Å². The van der Waals surface area contributed by atoms with Gasteiger partial charge in [0.15, 0.2) is 0 Å². The zero-order chi connectivity index (χ0) is 15.7. The van der Waals surface area contributed by atoms with Crippen molar-refractivity contribution in [1.29, 1.82) is 0 Å². The average molecular weight is 316 g/mol. The molecule has 0 saturated heterocycles. The van der Waals surface area contributed by atoms with Crippen LogP contribution in [0.3, 0.4) is 0 Å². The molecule has 1 aromatic carbocycles. The van der Waals surface area contributed by atoms with Gasteiger partial charge in [-0.3, -0.25) is 4.79 Å². The fourth-order valence-electron chi connectivity index (χ4n) is 2.82. The smallest absolute Gasteiger partial charge is 0.257 e. The third-order valence-electron chi connectivity index (χ3n) is 4.05. The van der Waals surface area contributed by atoms with Gasteiger partial charge < -0.3 is 10.2 Å². The van der Waals surface area contributed by atoms with Crippen LogP contribution in [-0.4, -0.2) is 24.5 Å². The number of aromatic nitrogens is 1. The molecule has 1 aromatic heterocycles. The Morgan fingerprint density at radius 1 is 1.41 bits per heavy atom. The van der Waals surface area contributed by atoms with Gasteiger partial charge in [0.05, 0.1) is 5.56 Å². The summed E-state index contributed by atoms with van der Waals surface area (Å²) in [5, 5.41) is 3.51. The summed E-state index contributed by atoms with van der Waals surface area (Å²) in [5.74, 6) is 1.27. The maximum atomic E-state index is 12.4. The normalized spacial score (nSPS) is 16.5. The number of pyridine rings is 1. The van der Waals surface area contributed by atoms with Gasteiger partial charge in [-0.2, -0.15) is 0 Å². The van der Waals surface area contributed by atoms with E-state index in [2.05, 4.69) is 22.1 Å². The molecule has 0 bridgehead atoms. The first-order valence-electron chi connectivity index (χ1n) is 7.36. The Bertz CT molecular complexity index is 700. The number of carbonyl (C=O) groups is 1. The molecule has 1 N–H and O–H groups in total. The molecule has 1 amide bonds. The minimum absolute atomic E-state index is 0.151. The van der Waals surface area contributed by atoms with E-state index in [-0.39, 0.29) is 5.91 Å². The Morgan fingerprint density at radius 2 is 2.14 bits per heavy atom. The van der Waals surface area contributed by atoms with Crippen molar-refractivity contribution in [3.8, 4) is 0 Å². The monoisotopic (exact) mass is 315 g/mol. The lowest BCUT2D eigenvalue weighted by Gasteiger charge is -2.11. The van der Waals surface area contributed by atoms with Crippen molar-refractivity contribution in [3.05, 3.63) is 52.7 Å². The molecular formula is C17H18ClN3O. The first-order valence-corrected chi connectivity index (χ1v) is 7.74. The fourth-order valence-corrected chi connectivity index (χ4v) is 2.94. The summed E-state index contributed by atoms with van der Waals surface area (Å²) in [4.78, 5) is 19.0. The van der Waals surface area contributed by atoms with Crippen LogP contribution in [0.25, 0.3) is 0 Å². The van der Waals surface area contributed by atoms with E-state index in [9.17, 15) is 4.79 Å². The van der Waals surface area contributed by atoms with E-state index in [1.165, 1.54) is 0 Å². The maximum Gasteiger partial charge on any atom is 0.257 e. The molecule has 5 heteroatoms. The van der Waals surface area contributed by atoms with Crippen molar-refractivity contribution in [2.75, 3.05) is 23.8 Å². The van der Waals surface area contributed by atoms with Crippen molar-refractivity contribution < 1.29 is 4.79 Å². The number of rotatable bonds is 3. The average Bonchev–Trinajstić information content (AvgIpc) is 2.85. The summed E-state index contributed by atoms with van der Waals surface area (Å²) in [5.41, 5.74) is 2.47. The molecule has 114 valence electrons. The molecule has 0 fully saturated rings. The zero-order valence-electron chi connectivity index (χ0n) is 12.6. The Hall–Kier alpha value is -2.07. The van der Waals surface area contributed by atoms with Gasteiger partial charge in [-0.25, -0.2) is 4.98 Å². The van der Waals surface area contributed by atoms with Crippen molar-refractivity contribution in [3.63, 3.8) is 0 Å². The number of amides is 1. The van der Waals surface area contributed by atoms with Crippen molar-refractivity contribution in [1.82, 2.24) is 4.98 Å². The van der Waals surface area contributed by atoms with Crippen LogP contribution >= 0.6 is 11.6 Å². The van der Waals surface area contributed by atoms with Gasteiger partial charge >= 0.3 is 0 Å². The van der Waals surface area contributed by atoms with Crippen LogP contribution in [-0.2, 0) is 0 Å².